The zero-order valence-electron chi connectivity index (χ0n) is 45.4. The molecule has 14 rings (SSSR count). The largest absolute Gasteiger partial charge is 1.00 e. The number of allylic oxidation sites excluding steroid dienone is 2. The number of quaternary nitrogens is 1. The SMILES string of the molecule is COc1ccc2c3c1OC1C(OC(=O)OC[C@H]4OC(O)[C@H](O)[C@@H](O)[C@H]4O)=CCC4[C@@H](C2)[NH+](C)CC[C@]314.COc1ccc2c3c1OC1C(OC(=O)OC[C@H]4O[C@@H]5OC(C)(C)O[C@@H]5[C@H]5OC(C)(C)O[C@H]54)=CCC4[C@@H](C2)N(C)CC[C@]314.[Cl-]. The molecule has 2 aromatic carbocycles. The summed E-state index contributed by atoms with van der Waals surface area (Å²) in [7, 11) is 7.71. The molecule has 2 aromatic rings. The number of rotatable bonds is 8. The van der Waals surface area contributed by atoms with E-state index in [1.807, 2.05) is 52.0 Å². The molecule has 0 radical (unpaired) electrons. The molecule has 19 atom stereocenters. The Morgan fingerprint density at radius 3 is 1.87 bits per heavy atom. The molecule has 432 valence electrons. The number of hydrogen-bond acceptors (Lipinski definition) is 21. The molecule has 0 amide bonds. The molecule has 4 aliphatic carbocycles. The van der Waals surface area contributed by atoms with Gasteiger partial charge in [-0.05, 0) is 108 Å². The molecule has 0 aromatic heterocycles. The van der Waals surface area contributed by atoms with E-state index in [-0.39, 0.29) is 29.8 Å². The van der Waals surface area contributed by atoms with Gasteiger partial charge in [0, 0.05) is 41.3 Å². The van der Waals surface area contributed by atoms with Crippen LogP contribution in [0.4, 0.5) is 9.59 Å². The Labute approximate surface area is 463 Å². The number of nitrogens with zero attached hydrogens (tertiary/aromatic N) is 1. The second-order valence-corrected chi connectivity index (χ2v) is 24.0. The highest BCUT2D eigenvalue weighted by molar-refractivity contribution is 5.67. The third-order valence-corrected chi connectivity index (χ3v) is 19.1. The molecule has 79 heavy (non-hydrogen) atoms. The molecule has 5 N–H and O–H groups in total. The van der Waals surface area contributed by atoms with Crippen LogP contribution in [-0.2, 0) is 71.0 Å². The van der Waals surface area contributed by atoms with Gasteiger partial charge in [-0.1, -0.05) is 12.1 Å². The first kappa shape index (κ1) is 55.0. The standard InChI is InChI=1S/C31H39NO10.C25H31NO10.ClH/c1-29(2)39-23-20(36-27-25(24(23)40-29)41-30(3,4)42-27)14-35-28(33)37-19-10-8-16-17-13-15-7-9-18(34-6)22-21(15)31(16,26(19)38-22)11-12-32(17)5;1-26-8-7-25-12-4-6-15(35-24(31)33-10-16-18(27)19(28)20(29)23(30)34-16)22(25)36-21-14(32-2)5-3-11(17(21)25)9-13(12)26;/h7,9-10,16-17,20,23-27H,8,11-14H2,1-6H3;3,5-6,12-13,16,18-20,22-23,27-30H,4,7-10H2,1-2H3;1H/t16?,17-,20-,23+,24+,25-,26?,27-,31+;12?,13-,16-,18+,19+,20-,22?,23?,25+;/m11./s1. The zero-order valence-corrected chi connectivity index (χ0v) is 46.2. The van der Waals surface area contributed by atoms with Crippen LogP contribution in [0.3, 0.4) is 0 Å². The van der Waals surface area contributed by atoms with Crippen LogP contribution in [0, 0.1) is 11.8 Å². The number of carbonyl (C=O) groups is 2. The first-order valence-corrected chi connectivity index (χ1v) is 27.4. The van der Waals surface area contributed by atoms with Crippen molar-refractivity contribution >= 4 is 12.3 Å². The summed E-state index contributed by atoms with van der Waals surface area (Å²) in [4.78, 5) is 29.9. The Balaban J connectivity index is 0.000000158. The lowest BCUT2D eigenvalue weighted by Crippen LogP contribution is -3.16. The molecule has 12 aliphatic rings. The lowest BCUT2D eigenvalue weighted by molar-refractivity contribution is -0.918. The van der Waals surface area contributed by atoms with Crippen molar-refractivity contribution in [1.82, 2.24) is 4.90 Å². The van der Waals surface area contributed by atoms with Gasteiger partial charge in [-0.15, -0.1) is 0 Å². The maximum absolute atomic E-state index is 13.2. The number of nitrogens with one attached hydrogen (secondary N) is 1. The molecule has 23 heteroatoms. The number of fused-ring (bicyclic) bond motifs is 3. The maximum atomic E-state index is 13.2. The first-order chi connectivity index (χ1) is 37.2. The molecule has 6 unspecified atom stereocenters. The monoisotopic (exact) mass is 1130 g/mol. The average Bonchev–Trinajstić information content (AvgIpc) is 2.56. The molecule has 6 saturated heterocycles. The van der Waals surface area contributed by atoms with Gasteiger partial charge < -0.3 is 109 Å². The van der Waals surface area contributed by atoms with Crippen LogP contribution in [0.2, 0.25) is 0 Å². The number of likely N-dealkylation sites (N-methyl/N-ethyl adjacent to an activating group) is 2. The molecular weight excluding hydrogens is 1060 g/mol. The number of piperidine rings is 2. The van der Waals surface area contributed by atoms with E-state index in [1.165, 1.54) is 27.2 Å². The fourth-order valence-corrected chi connectivity index (χ4v) is 15.7. The van der Waals surface area contributed by atoms with Crippen molar-refractivity contribution in [2.45, 2.75) is 174 Å². The second kappa shape index (κ2) is 19.8. The van der Waals surface area contributed by atoms with Crippen LogP contribution < -0.4 is 36.3 Å². The van der Waals surface area contributed by atoms with Gasteiger partial charge in [0.1, 0.15) is 73.6 Å². The van der Waals surface area contributed by atoms with Gasteiger partial charge in [0.05, 0.1) is 39.3 Å². The van der Waals surface area contributed by atoms with Crippen LogP contribution in [-0.4, -0.2) is 190 Å². The highest BCUT2D eigenvalue weighted by Crippen LogP contribution is 2.65. The fourth-order valence-electron chi connectivity index (χ4n) is 15.7. The van der Waals surface area contributed by atoms with Gasteiger partial charge in [0.15, 0.2) is 59.4 Å². The number of benzene rings is 2. The van der Waals surface area contributed by atoms with Gasteiger partial charge in [-0.25, -0.2) is 9.59 Å². The van der Waals surface area contributed by atoms with Gasteiger partial charge >= 0.3 is 12.3 Å². The molecule has 2 spiro atoms. The van der Waals surface area contributed by atoms with Crippen molar-refractivity contribution in [3.05, 3.63) is 70.2 Å². The molecule has 0 saturated carbocycles. The fraction of sp³-hybridized carbons (Fsp3) is 0.679. The minimum Gasteiger partial charge on any atom is -1.00 e. The summed E-state index contributed by atoms with van der Waals surface area (Å²) in [6.45, 7) is 8.68. The number of methoxy groups -OCH3 is 2. The molecular formula is C56H71ClN2O20. The topological polar surface area (TPSA) is 252 Å². The number of likely N-dealkylation sites (tertiary alicyclic amines) is 2. The van der Waals surface area contributed by atoms with Crippen LogP contribution >= 0.6 is 0 Å². The van der Waals surface area contributed by atoms with Crippen LogP contribution in [0.1, 0.15) is 75.6 Å². The maximum Gasteiger partial charge on any atom is 0.513 e. The van der Waals surface area contributed by atoms with Gasteiger partial charge in [-0.3, -0.25) is 0 Å². The Morgan fingerprint density at radius 2 is 1.24 bits per heavy atom. The molecule has 22 nitrogen and oxygen atoms in total. The number of aliphatic hydroxyl groups is 4. The van der Waals surface area contributed by atoms with E-state index < -0.39 is 104 Å². The minimum absolute atomic E-state index is 0. The first-order valence-electron chi connectivity index (χ1n) is 27.4. The summed E-state index contributed by atoms with van der Waals surface area (Å²) >= 11 is 0. The van der Waals surface area contributed by atoms with Crippen molar-refractivity contribution in [1.29, 1.82) is 0 Å². The third-order valence-electron chi connectivity index (χ3n) is 19.1. The van der Waals surface area contributed by atoms with Crippen molar-refractivity contribution in [2.75, 3.05) is 54.6 Å². The lowest BCUT2D eigenvalue weighted by Gasteiger charge is -2.56. The van der Waals surface area contributed by atoms with Gasteiger partial charge in [0.25, 0.3) is 0 Å². The van der Waals surface area contributed by atoms with E-state index in [0.717, 1.165) is 57.4 Å². The Kier molecular flexibility index (Phi) is 13.8. The van der Waals surface area contributed by atoms with Gasteiger partial charge in [-0.2, -0.15) is 0 Å². The highest BCUT2D eigenvalue weighted by atomic mass is 35.5. The van der Waals surface area contributed by atoms with Crippen LogP contribution in [0.5, 0.6) is 23.0 Å². The van der Waals surface area contributed by atoms with Crippen molar-refractivity contribution < 1.29 is 114 Å². The quantitative estimate of drug-likeness (QED) is 0.195. The van der Waals surface area contributed by atoms with E-state index >= 15 is 0 Å². The Morgan fingerprint density at radius 1 is 0.684 bits per heavy atom. The van der Waals surface area contributed by atoms with Crippen LogP contribution in [0.15, 0.2) is 47.9 Å². The normalized spacial score (nSPS) is 41.3. The predicted molar refractivity (Wildman–Crippen MR) is 265 cm³/mol. The summed E-state index contributed by atoms with van der Waals surface area (Å²) in [5.74, 6) is 2.74. The van der Waals surface area contributed by atoms with Crippen LogP contribution in [0.25, 0.3) is 0 Å². The van der Waals surface area contributed by atoms with Crippen molar-refractivity contribution in [2.24, 2.45) is 11.8 Å². The minimum atomic E-state index is -1.72. The Hall–Kier alpha value is -4.53. The van der Waals surface area contributed by atoms with Gasteiger partial charge in [0.2, 0.25) is 0 Å². The predicted octanol–water partition coefficient (Wildman–Crippen LogP) is -1.19. The molecule has 8 heterocycles. The summed E-state index contributed by atoms with van der Waals surface area (Å²) in [5.41, 5.74) is 4.33. The number of hydrogen-bond donors (Lipinski definition) is 5. The number of aliphatic hydroxyl groups excluding tert-OH is 4. The molecule has 6 fully saturated rings. The Bertz CT molecular complexity index is 2810. The summed E-state index contributed by atoms with van der Waals surface area (Å²) < 4.78 is 82.5. The number of ether oxygens (including phenoxy) is 14. The van der Waals surface area contributed by atoms with E-state index in [2.05, 4.69) is 31.1 Å². The summed E-state index contributed by atoms with van der Waals surface area (Å²) in [6, 6.07) is 9.02. The van der Waals surface area contributed by atoms with Crippen molar-refractivity contribution in [3.8, 4) is 23.0 Å². The molecule has 8 aliphatic heterocycles. The van der Waals surface area contributed by atoms with E-state index in [0.29, 0.717) is 52.7 Å². The number of carbonyl (C=O) groups excluding carboxylic acids is 2. The smallest absolute Gasteiger partial charge is 0.513 e. The van der Waals surface area contributed by atoms with E-state index in [1.54, 1.807) is 14.2 Å². The third kappa shape index (κ3) is 8.55. The van der Waals surface area contributed by atoms with Crippen molar-refractivity contribution in [3.63, 3.8) is 0 Å². The highest BCUT2D eigenvalue weighted by Gasteiger charge is 2.68. The van der Waals surface area contributed by atoms with E-state index in [4.69, 9.17) is 66.3 Å². The average molecular weight is 1130 g/mol. The second-order valence-electron chi connectivity index (χ2n) is 24.0. The number of halogens is 1. The van der Waals surface area contributed by atoms with E-state index in [9.17, 15) is 30.0 Å². The zero-order chi connectivity index (χ0) is 54.5. The summed E-state index contributed by atoms with van der Waals surface area (Å²) in [5, 5.41) is 39.2. The molecule has 4 bridgehead atoms. The summed E-state index contributed by atoms with van der Waals surface area (Å²) in [6.07, 6.45) is -4.09. The lowest BCUT2D eigenvalue weighted by atomic mass is 9.53.